The summed E-state index contributed by atoms with van der Waals surface area (Å²) in [5.41, 5.74) is 0.724. The van der Waals surface area contributed by atoms with Gasteiger partial charge in [-0.05, 0) is 38.2 Å². The molecular formula is C16H24ClN3O. The van der Waals surface area contributed by atoms with Gasteiger partial charge in [0.25, 0.3) is 5.91 Å². The molecule has 1 amide bonds. The molecule has 1 aromatic rings. The molecule has 3 atom stereocenters. The molecule has 5 heteroatoms. The van der Waals surface area contributed by atoms with Crippen molar-refractivity contribution < 1.29 is 4.79 Å². The van der Waals surface area contributed by atoms with E-state index in [1.165, 1.54) is 0 Å². The number of carbonyl (C=O) groups excluding carboxylic acids is 1. The molecule has 0 saturated carbocycles. The Labute approximate surface area is 131 Å². The highest BCUT2D eigenvalue weighted by Crippen LogP contribution is 2.35. The number of amides is 1. The van der Waals surface area contributed by atoms with E-state index >= 15 is 0 Å². The maximum atomic E-state index is 13.0. The Bertz CT molecular complexity index is 540. The van der Waals surface area contributed by atoms with Crippen LogP contribution in [0.15, 0.2) is 12.3 Å². The first-order valence-electron chi connectivity index (χ1n) is 7.92. The molecule has 4 nitrogen and oxygen atoms in total. The molecule has 2 fully saturated rings. The summed E-state index contributed by atoms with van der Waals surface area (Å²) in [4.78, 5) is 15.1. The van der Waals surface area contributed by atoms with Gasteiger partial charge in [-0.2, -0.15) is 0 Å². The average molecular weight is 310 g/mol. The van der Waals surface area contributed by atoms with Gasteiger partial charge in [-0.3, -0.25) is 4.79 Å². The predicted molar refractivity (Wildman–Crippen MR) is 84.8 cm³/mol. The third kappa shape index (κ3) is 2.49. The predicted octanol–water partition coefficient (Wildman–Crippen LogP) is 2.79. The zero-order chi connectivity index (χ0) is 15.1. The van der Waals surface area contributed by atoms with E-state index in [0.29, 0.717) is 22.9 Å². The lowest BCUT2D eigenvalue weighted by Crippen LogP contribution is -2.40. The number of fused-ring (bicyclic) bond motifs is 1. The van der Waals surface area contributed by atoms with E-state index in [9.17, 15) is 4.79 Å². The molecule has 3 unspecified atom stereocenters. The van der Waals surface area contributed by atoms with Gasteiger partial charge in [-0.1, -0.05) is 18.5 Å². The van der Waals surface area contributed by atoms with Crippen molar-refractivity contribution in [3.8, 4) is 0 Å². The van der Waals surface area contributed by atoms with Gasteiger partial charge in [0.15, 0.2) is 0 Å². The van der Waals surface area contributed by atoms with Crippen LogP contribution in [0.3, 0.4) is 0 Å². The number of halogens is 1. The van der Waals surface area contributed by atoms with Crippen LogP contribution in [0.2, 0.25) is 5.02 Å². The van der Waals surface area contributed by atoms with Gasteiger partial charge in [-0.15, -0.1) is 0 Å². The van der Waals surface area contributed by atoms with Crippen LogP contribution in [0.1, 0.15) is 43.7 Å². The Morgan fingerprint density at radius 2 is 2.24 bits per heavy atom. The molecule has 2 aliphatic rings. The number of aromatic nitrogens is 1. The Balaban J connectivity index is 1.88. The van der Waals surface area contributed by atoms with E-state index in [-0.39, 0.29) is 11.9 Å². The van der Waals surface area contributed by atoms with Crippen molar-refractivity contribution in [1.82, 2.24) is 14.8 Å². The summed E-state index contributed by atoms with van der Waals surface area (Å²) in [5.74, 6) is 1.35. The highest BCUT2D eigenvalue weighted by Gasteiger charge is 2.45. The maximum Gasteiger partial charge on any atom is 0.270 e. The van der Waals surface area contributed by atoms with Crippen molar-refractivity contribution in [2.24, 2.45) is 11.8 Å². The molecule has 3 heterocycles. The monoisotopic (exact) mass is 309 g/mol. The number of nitrogens with zero attached hydrogens (tertiary/aromatic N) is 2. The van der Waals surface area contributed by atoms with Gasteiger partial charge in [0.2, 0.25) is 0 Å². The van der Waals surface area contributed by atoms with E-state index in [0.717, 1.165) is 31.7 Å². The van der Waals surface area contributed by atoms with E-state index in [1.54, 1.807) is 0 Å². The number of nitrogens with one attached hydrogen (secondary N) is 1. The van der Waals surface area contributed by atoms with Crippen LogP contribution in [0, 0.1) is 11.8 Å². The summed E-state index contributed by atoms with van der Waals surface area (Å²) in [6.45, 7) is 9.28. The summed E-state index contributed by atoms with van der Waals surface area (Å²) in [6.07, 6.45) is 2.88. The second-order valence-electron chi connectivity index (χ2n) is 6.56. The fourth-order valence-electron chi connectivity index (χ4n) is 3.97. The number of likely N-dealkylation sites (tertiary alicyclic amines) is 1. The van der Waals surface area contributed by atoms with Gasteiger partial charge in [0.1, 0.15) is 5.69 Å². The number of rotatable bonds is 3. The number of hydrogen-bond acceptors (Lipinski definition) is 2. The van der Waals surface area contributed by atoms with Gasteiger partial charge < -0.3 is 14.8 Å². The third-order valence-corrected chi connectivity index (χ3v) is 5.19. The van der Waals surface area contributed by atoms with Crippen molar-refractivity contribution in [3.05, 3.63) is 23.0 Å². The Morgan fingerprint density at radius 1 is 1.48 bits per heavy atom. The van der Waals surface area contributed by atoms with Crippen molar-refractivity contribution >= 4 is 17.5 Å². The number of hydrogen-bond donors (Lipinski definition) is 1. The van der Waals surface area contributed by atoms with Crippen LogP contribution in [0.5, 0.6) is 0 Å². The topological polar surface area (TPSA) is 37.3 Å². The van der Waals surface area contributed by atoms with Crippen molar-refractivity contribution in [2.45, 2.75) is 39.3 Å². The van der Waals surface area contributed by atoms with Crippen LogP contribution in [0.4, 0.5) is 0 Å². The smallest absolute Gasteiger partial charge is 0.270 e. The summed E-state index contributed by atoms with van der Waals surface area (Å²) in [5, 5.41) is 4.10. The van der Waals surface area contributed by atoms with E-state index < -0.39 is 0 Å². The van der Waals surface area contributed by atoms with Crippen LogP contribution in [0.25, 0.3) is 0 Å². The molecule has 21 heavy (non-hydrogen) atoms. The molecule has 0 aromatic carbocycles. The fraction of sp³-hybridized carbons (Fsp3) is 0.688. The van der Waals surface area contributed by atoms with Crippen molar-refractivity contribution in [3.63, 3.8) is 0 Å². The lowest BCUT2D eigenvalue weighted by molar-refractivity contribution is 0.0699. The number of carbonyl (C=O) groups is 1. The van der Waals surface area contributed by atoms with E-state index in [2.05, 4.69) is 31.0 Å². The minimum atomic E-state index is 0.136. The Kier molecular flexibility index (Phi) is 4.02. The van der Waals surface area contributed by atoms with Crippen LogP contribution in [-0.2, 0) is 0 Å². The first-order chi connectivity index (χ1) is 10.0. The lowest BCUT2D eigenvalue weighted by Gasteiger charge is -2.27. The quantitative estimate of drug-likeness (QED) is 0.932. The minimum Gasteiger partial charge on any atom is -0.339 e. The van der Waals surface area contributed by atoms with Crippen LogP contribution >= 0.6 is 11.6 Å². The third-order valence-electron chi connectivity index (χ3n) is 4.99. The highest BCUT2D eigenvalue weighted by atomic mass is 35.5. The van der Waals surface area contributed by atoms with Gasteiger partial charge in [-0.25, -0.2) is 0 Å². The molecule has 0 spiro atoms. The molecule has 0 aliphatic carbocycles. The molecular weight excluding hydrogens is 286 g/mol. The Morgan fingerprint density at radius 3 is 2.90 bits per heavy atom. The van der Waals surface area contributed by atoms with E-state index in [1.807, 2.05) is 16.8 Å². The first-order valence-corrected chi connectivity index (χ1v) is 8.29. The molecule has 1 aromatic heterocycles. The highest BCUT2D eigenvalue weighted by molar-refractivity contribution is 6.31. The largest absolute Gasteiger partial charge is 0.339 e. The molecule has 3 rings (SSSR count). The zero-order valence-corrected chi connectivity index (χ0v) is 13.7. The summed E-state index contributed by atoms with van der Waals surface area (Å²) < 4.78 is 1.99. The molecule has 0 radical (unpaired) electrons. The Hall–Kier alpha value is -1.00. The van der Waals surface area contributed by atoms with Crippen molar-refractivity contribution in [2.75, 3.05) is 19.6 Å². The van der Waals surface area contributed by atoms with Gasteiger partial charge >= 0.3 is 0 Å². The van der Waals surface area contributed by atoms with Crippen LogP contribution < -0.4 is 5.32 Å². The average Bonchev–Trinajstić information content (AvgIpc) is 3.10. The summed E-state index contributed by atoms with van der Waals surface area (Å²) >= 11 is 6.12. The van der Waals surface area contributed by atoms with Gasteiger partial charge in [0.05, 0.1) is 5.02 Å². The van der Waals surface area contributed by atoms with Crippen LogP contribution in [-0.4, -0.2) is 41.1 Å². The summed E-state index contributed by atoms with van der Waals surface area (Å²) in [6, 6.07) is 2.40. The molecule has 1 N–H and O–H groups in total. The fourth-order valence-corrected chi connectivity index (χ4v) is 4.18. The first kappa shape index (κ1) is 14.9. The summed E-state index contributed by atoms with van der Waals surface area (Å²) in [7, 11) is 0. The SMILES string of the molecule is CCC1C2CNCC2CN1C(=O)c1cc(Cl)cn1C(C)C. The van der Waals surface area contributed by atoms with Crippen molar-refractivity contribution in [1.29, 1.82) is 0 Å². The second-order valence-corrected chi connectivity index (χ2v) is 7.00. The minimum absolute atomic E-state index is 0.136. The normalized spacial score (nSPS) is 28.4. The molecule has 2 saturated heterocycles. The molecule has 116 valence electrons. The van der Waals surface area contributed by atoms with E-state index in [4.69, 9.17) is 11.6 Å². The lowest BCUT2D eigenvalue weighted by atomic mass is 9.93. The van der Waals surface area contributed by atoms with Gasteiger partial charge in [0, 0.05) is 37.9 Å². The zero-order valence-electron chi connectivity index (χ0n) is 13.0. The maximum absolute atomic E-state index is 13.0. The standard InChI is InChI=1S/C16H24ClN3O/c1-4-14-13-7-18-6-11(13)8-20(14)16(21)15-5-12(17)9-19(15)10(2)3/h5,9-11,13-14,18H,4,6-8H2,1-3H3. The molecule has 0 bridgehead atoms. The second kappa shape index (κ2) is 5.65. The molecule has 2 aliphatic heterocycles.